The van der Waals surface area contributed by atoms with Gasteiger partial charge in [-0.1, -0.05) is 42.5 Å². The molecule has 8 nitrogen and oxygen atoms in total. The van der Waals surface area contributed by atoms with E-state index in [1.807, 2.05) is 105 Å². The van der Waals surface area contributed by atoms with Crippen LogP contribution in [0.2, 0.25) is 0 Å². The summed E-state index contributed by atoms with van der Waals surface area (Å²) in [5.41, 5.74) is 18.6. The number of carbonyl (C=O) groups is 2. The smallest absolute Gasteiger partial charge is 0.258 e. The number of thiol groups is 2. The van der Waals surface area contributed by atoms with Gasteiger partial charge in [-0.05, 0) is 79.6 Å². The molecular weight excluding hydrogens is 601 g/mol. The van der Waals surface area contributed by atoms with Gasteiger partial charge >= 0.3 is 0 Å². The first kappa shape index (κ1) is 35.5. The zero-order valence-electron chi connectivity index (χ0n) is 26.0. The van der Waals surface area contributed by atoms with Gasteiger partial charge in [0.15, 0.2) is 0 Å². The third-order valence-corrected chi connectivity index (χ3v) is 8.08. The minimum atomic E-state index is -0.124. The van der Waals surface area contributed by atoms with Gasteiger partial charge in [-0.3, -0.25) is 9.59 Å². The highest BCUT2D eigenvalue weighted by molar-refractivity contribution is 7.80. The molecule has 10 heteroatoms. The zero-order chi connectivity index (χ0) is 32.8. The Morgan fingerprint density at radius 1 is 0.733 bits per heavy atom. The second kappa shape index (κ2) is 18.1. The molecule has 0 aliphatic heterocycles. The molecule has 2 atom stereocenters. The molecule has 4 rings (SSSR count). The molecule has 0 aliphatic rings. The van der Waals surface area contributed by atoms with Gasteiger partial charge < -0.3 is 32.3 Å². The Morgan fingerprint density at radius 2 is 1.27 bits per heavy atom. The van der Waals surface area contributed by atoms with Crippen LogP contribution < -0.4 is 32.3 Å². The first-order chi connectivity index (χ1) is 21.6. The number of hydrogen-bond donors (Lipinski definition) is 7. The molecule has 45 heavy (non-hydrogen) atoms. The van der Waals surface area contributed by atoms with E-state index in [1.165, 1.54) is 0 Å². The van der Waals surface area contributed by atoms with Crippen molar-refractivity contribution in [2.24, 2.45) is 11.5 Å². The van der Waals surface area contributed by atoms with Crippen LogP contribution in [0.25, 0.3) is 0 Å². The number of anilines is 4. The van der Waals surface area contributed by atoms with Crippen LogP contribution in [0, 0.1) is 13.8 Å². The van der Waals surface area contributed by atoms with Crippen LogP contribution in [0.1, 0.15) is 31.8 Å². The fraction of sp³-hybridized carbons (Fsp3) is 0.257. The summed E-state index contributed by atoms with van der Waals surface area (Å²) in [6, 6.07) is 30.2. The van der Waals surface area contributed by atoms with Crippen LogP contribution in [-0.2, 0) is 0 Å². The van der Waals surface area contributed by atoms with Gasteiger partial charge in [0.1, 0.15) is 0 Å². The van der Waals surface area contributed by atoms with Crippen molar-refractivity contribution in [2.45, 2.75) is 25.9 Å². The number of amides is 2. The summed E-state index contributed by atoms with van der Waals surface area (Å²) in [7, 11) is 1.77. The molecule has 2 amide bonds. The molecule has 0 saturated carbocycles. The maximum absolute atomic E-state index is 12.6. The lowest BCUT2D eigenvalue weighted by molar-refractivity contribution is 0.0991. The van der Waals surface area contributed by atoms with Gasteiger partial charge in [0.2, 0.25) is 0 Å². The van der Waals surface area contributed by atoms with Crippen molar-refractivity contribution < 1.29 is 9.59 Å². The predicted octanol–water partition coefficient (Wildman–Crippen LogP) is 5.86. The van der Waals surface area contributed by atoms with E-state index in [9.17, 15) is 9.59 Å². The van der Waals surface area contributed by atoms with E-state index < -0.39 is 0 Å². The van der Waals surface area contributed by atoms with Crippen LogP contribution >= 0.6 is 25.3 Å². The maximum Gasteiger partial charge on any atom is 0.258 e. The van der Waals surface area contributed by atoms with Crippen molar-refractivity contribution in [1.29, 1.82) is 0 Å². The Labute approximate surface area is 277 Å². The lowest BCUT2D eigenvalue weighted by atomic mass is 10.1. The second-order valence-electron chi connectivity index (χ2n) is 10.7. The Hall–Kier alpha value is -3.96. The van der Waals surface area contributed by atoms with Crippen molar-refractivity contribution in [3.63, 3.8) is 0 Å². The normalized spacial score (nSPS) is 11.8. The predicted molar refractivity (Wildman–Crippen MR) is 197 cm³/mol. The molecule has 7 N–H and O–H groups in total. The van der Waals surface area contributed by atoms with Gasteiger partial charge in [-0.2, -0.15) is 25.3 Å². The minimum Gasteiger partial charge on any atom is -0.383 e. The highest BCUT2D eigenvalue weighted by atomic mass is 32.1. The first-order valence-corrected chi connectivity index (χ1v) is 16.0. The minimum absolute atomic E-state index is 0.0188. The number of nitrogens with one attached hydrogen (secondary N) is 3. The molecular formula is C35H44N6O2S2. The van der Waals surface area contributed by atoms with Gasteiger partial charge in [-0.25, -0.2) is 0 Å². The standard InChI is InChI=1S/C18H23N3OS.C17H21N3OS/c1-12-5-3-8-17(13(12)2)21-18(22)14-6-4-7-16(9-14)20-10-15(19)11-23;1-20(16-8-3-2-4-9-16)17(21)13-6-5-7-15(10-13)19-11-14(18)12-22/h3-9,15,20,23H,10-11,19H2,1-2H3,(H,21,22);2-10,14,19,22H,11-12,18H2,1H3. The van der Waals surface area contributed by atoms with E-state index in [-0.39, 0.29) is 23.9 Å². The summed E-state index contributed by atoms with van der Waals surface area (Å²) in [4.78, 5) is 26.6. The largest absolute Gasteiger partial charge is 0.383 e. The Bertz CT molecular complexity index is 1540. The molecule has 238 valence electrons. The van der Waals surface area contributed by atoms with Crippen molar-refractivity contribution in [2.75, 3.05) is 52.5 Å². The lowest BCUT2D eigenvalue weighted by Gasteiger charge is -2.18. The number of benzene rings is 4. The van der Waals surface area contributed by atoms with E-state index in [0.717, 1.165) is 33.9 Å². The molecule has 0 heterocycles. The SMILES string of the molecule is CN(C(=O)c1cccc(NCC(N)CS)c1)c1ccccc1.Cc1cccc(NC(=O)c2cccc(NCC(N)CS)c2)c1C. The highest BCUT2D eigenvalue weighted by Crippen LogP contribution is 2.20. The monoisotopic (exact) mass is 644 g/mol. The highest BCUT2D eigenvalue weighted by Gasteiger charge is 2.14. The van der Waals surface area contributed by atoms with Crippen molar-refractivity contribution in [3.05, 3.63) is 119 Å². The number of rotatable bonds is 12. The molecule has 0 bridgehead atoms. The molecule has 0 aromatic heterocycles. The molecule has 0 saturated heterocycles. The van der Waals surface area contributed by atoms with Gasteiger partial charge in [0.25, 0.3) is 11.8 Å². The van der Waals surface area contributed by atoms with Crippen LogP contribution in [0.5, 0.6) is 0 Å². The molecule has 0 radical (unpaired) electrons. The lowest BCUT2D eigenvalue weighted by Crippen LogP contribution is -2.30. The fourth-order valence-electron chi connectivity index (χ4n) is 4.20. The Balaban J connectivity index is 0.000000246. The molecule has 0 spiro atoms. The maximum atomic E-state index is 12.6. The Kier molecular flexibility index (Phi) is 14.3. The molecule has 4 aromatic rings. The second-order valence-corrected chi connectivity index (χ2v) is 11.4. The first-order valence-electron chi connectivity index (χ1n) is 14.7. The van der Waals surface area contributed by atoms with Crippen LogP contribution in [0.3, 0.4) is 0 Å². The number of aryl methyl sites for hydroxylation is 1. The third-order valence-electron chi connectivity index (χ3n) is 7.14. The van der Waals surface area contributed by atoms with Crippen molar-refractivity contribution in [1.82, 2.24) is 0 Å². The molecule has 4 aromatic carbocycles. The van der Waals surface area contributed by atoms with E-state index in [1.54, 1.807) is 18.0 Å². The van der Waals surface area contributed by atoms with E-state index in [4.69, 9.17) is 11.5 Å². The van der Waals surface area contributed by atoms with E-state index in [0.29, 0.717) is 35.7 Å². The fourth-order valence-corrected chi connectivity index (χ4v) is 4.46. The summed E-state index contributed by atoms with van der Waals surface area (Å²) < 4.78 is 0. The number of nitrogens with zero attached hydrogens (tertiary/aromatic N) is 1. The zero-order valence-corrected chi connectivity index (χ0v) is 27.8. The van der Waals surface area contributed by atoms with Crippen LogP contribution in [-0.4, -0.2) is 55.5 Å². The van der Waals surface area contributed by atoms with Crippen LogP contribution in [0.15, 0.2) is 97.1 Å². The number of carbonyl (C=O) groups excluding carboxylic acids is 2. The van der Waals surface area contributed by atoms with Gasteiger partial charge in [0.05, 0.1) is 0 Å². The molecule has 0 fully saturated rings. The van der Waals surface area contributed by atoms with Crippen molar-refractivity contribution in [3.8, 4) is 0 Å². The van der Waals surface area contributed by atoms with E-state index >= 15 is 0 Å². The number of nitrogens with two attached hydrogens (primary N) is 2. The Morgan fingerprint density at radius 3 is 1.84 bits per heavy atom. The van der Waals surface area contributed by atoms with Gasteiger partial charge in [-0.15, -0.1) is 0 Å². The summed E-state index contributed by atoms with van der Waals surface area (Å²) in [5, 5.41) is 9.41. The summed E-state index contributed by atoms with van der Waals surface area (Å²) >= 11 is 8.32. The molecule has 0 aliphatic carbocycles. The number of para-hydroxylation sites is 1. The third kappa shape index (κ3) is 11.2. The van der Waals surface area contributed by atoms with E-state index in [2.05, 4.69) is 41.2 Å². The topological polar surface area (TPSA) is 126 Å². The average molecular weight is 645 g/mol. The quantitative estimate of drug-likeness (QED) is 0.0970. The number of hydrogen-bond acceptors (Lipinski definition) is 8. The van der Waals surface area contributed by atoms with Crippen molar-refractivity contribution >= 4 is 59.8 Å². The van der Waals surface area contributed by atoms with Gasteiger partial charge in [0, 0.05) is 77.6 Å². The molecule has 2 unspecified atom stereocenters. The summed E-state index contributed by atoms with van der Waals surface area (Å²) in [6.45, 7) is 5.27. The summed E-state index contributed by atoms with van der Waals surface area (Å²) in [5.74, 6) is 1.05. The summed E-state index contributed by atoms with van der Waals surface area (Å²) in [6.07, 6.45) is 0. The average Bonchev–Trinajstić information content (AvgIpc) is 3.08. The van der Waals surface area contributed by atoms with Crippen LogP contribution in [0.4, 0.5) is 22.7 Å².